The summed E-state index contributed by atoms with van der Waals surface area (Å²) < 4.78 is 0. The molecule has 0 fully saturated rings. The van der Waals surface area contributed by atoms with E-state index in [4.69, 9.17) is 0 Å². The molecule has 1 aromatic rings. The van der Waals surface area contributed by atoms with Crippen molar-refractivity contribution in [3.63, 3.8) is 0 Å². The van der Waals surface area contributed by atoms with E-state index in [1.54, 1.807) is 11.3 Å². The van der Waals surface area contributed by atoms with Crippen LogP contribution < -0.4 is 0 Å². The second kappa shape index (κ2) is 4.46. The summed E-state index contributed by atoms with van der Waals surface area (Å²) in [5.74, 6) is 0. The molecule has 2 nitrogen and oxygen atoms in total. The second-order valence-corrected chi connectivity index (χ2v) is 3.43. The van der Waals surface area contributed by atoms with Crippen molar-refractivity contribution in [3.05, 3.63) is 23.0 Å². The maximum Gasteiger partial charge on any atom is 0.0794 e. The second-order valence-electron chi connectivity index (χ2n) is 2.71. The van der Waals surface area contributed by atoms with Gasteiger partial charge < -0.3 is 4.90 Å². The van der Waals surface area contributed by atoms with Crippen molar-refractivity contribution in [2.45, 2.75) is 6.42 Å². The maximum atomic E-state index is 4.16. The molecule has 0 unspecified atom stereocenters. The molecule has 0 N–H and O–H groups in total. The lowest BCUT2D eigenvalue weighted by Crippen LogP contribution is -2.12. The van der Waals surface area contributed by atoms with Crippen molar-refractivity contribution in [2.75, 3.05) is 20.6 Å². The topological polar surface area (TPSA) is 16.1 Å². The quantitative estimate of drug-likeness (QED) is 0.681. The van der Waals surface area contributed by atoms with Crippen LogP contribution in [0.5, 0.6) is 0 Å². The first-order chi connectivity index (χ1) is 5.29. The highest BCUT2D eigenvalue weighted by molar-refractivity contribution is 7.07. The Bertz CT molecular complexity index is 182. The van der Waals surface area contributed by atoms with E-state index < -0.39 is 0 Å². The number of thiazole rings is 1. The Morgan fingerprint density at radius 2 is 2.45 bits per heavy atom. The molecule has 0 saturated heterocycles. The van der Waals surface area contributed by atoms with Crippen LogP contribution in [-0.2, 0) is 0 Å². The molecule has 3 heteroatoms. The van der Waals surface area contributed by atoms with Crippen molar-refractivity contribution in [1.82, 2.24) is 9.88 Å². The third kappa shape index (κ3) is 3.49. The lowest BCUT2D eigenvalue weighted by molar-refractivity contribution is 0.413. The molecule has 0 atom stereocenters. The van der Waals surface area contributed by atoms with Crippen LogP contribution in [0.15, 0.2) is 10.9 Å². The fourth-order valence-corrected chi connectivity index (χ4v) is 1.33. The van der Waals surface area contributed by atoms with E-state index >= 15 is 0 Å². The molecular formula is C8H13N2S. The molecule has 0 aliphatic rings. The Morgan fingerprint density at radius 3 is 3.00 bits per heavy atom. The van der Waals surface area contributed by atoms with E-state index in [-0.39, 0.29) is 0 Å². The lowest BCUT2D eigenvalue weighted by Gasteiger charge is -2.06. The third-order valence-electron chi connectivity index (χ3n) is 1.38. The molecule has 0 aromatic carbocycles. The Labute approximate surface area is 71.9 Å². The van der Waals surface area contributed by atoms with Crippen molar-refractivity contribution in [2.24, 2.45) is 0 Å². The Balaban J connectivity index is 2.14. The largest absolute Gasteiger partial charge is 0.309 e. The molecule has 0 amide bonds. The van der Waals surface area contributed by atoms with Crippen molar-refractivity contribution < 1.29 is 0 Å². The van der Waals surface area contributed by atoms with Gasteiger partial charge in [0.25, 0.3) is 0 Å². The van der Waals surface area contributed by atoms with Gasteiger partial charge in [-0.05, 0) is 27.1 Å². The summed E-state index contributed by atoms with van der Waals surface area (Å²) in [4.78, 5) is 6.33. The number of nitrogens with zero attached hydrogens (tertiary/aromatic N) is 2. The van der Waals surface area contributed by atoms with Crippen LogP contribution in [0.3, 0.4) is 0 Å². The van der Waals surface area contributed by atoms with Gasteiger partial charge in [-0.2, -0.15) is 0 Å². The predicted molar refractivity (Wildman–Crippen MR) is 48.7 cm³/mol. The summed E-state index contributed by atoms with van der Waals surface area (Å²) >= 11 is 1.64. The van der Waals surface area contributed by atoms with Crippen molar-refractivity contribution >= 4 is 11.3 Å². The average molecular weight is 169 g/mol. The minimum Gasteiger partial charge on any atom is -0.309 e. The maximum absolute atomic E-state index is 4.16. The fraction of sp³-hybridized carbons (Fsp3) is 0.500. The Kier molecular flexibility index (Phi) is 3.52. The minimum absolute atomic E-state index is 1.08. The van der Waals surface area contributed by atoms with Gasteiger partial charge in [0.1, 0.15) is 0 Å². The van der Waals surface area contributed by atoms with Gasteiger partial charge in [-0.15, -0.1) is 11.3 Å². The van der Waals surface area contributed by atoms with Crippen LogP contribution in [0.4, 0.5) is 0 Å². The molecule has 1 rings (SSSR count). The molecule has 1 radical (unpaired) electrons. The average Bonchev–Trinajstić information content (AvgIpc) is 2.39. The number of hydrogen-bond acceptors (Lipinski definition) is 3. The molecule has 1 heterocycles. The standard InChI is InChI=1S/C8H13N2S/c1-10(2)5-3-4-8-6-11-7-9-8/h4,6-7H,3,5H2,1-2H3. The minimum atomic E-state index is 1.08. The molecule has 0 aliphatic carbocycles. The van der Waals surface area contributed by atoms with E-state index in [1.165, 1.54) is 0 Å². The van der Waals surface area contributed by atoms with Crippen molar-refractivity contribution in [3.8, 4) is 0 Å². The number of hydrogen-bond donors (Lipinski definition) is 0. The van der Waals surface area contributed by atoms with E-state index in [1.807, 2.05) is 5.51 Å². The highest BCUT2D eigenvalue weighted by atomic mass is 32.1. The van der Waals surface area contributed by atoms with Gasteiger partial charge in [-0.25, -0.2) is 4.98 Å². The predicted octanol–water partition coefficient (Wildman–Crippen LogP) is 1.65. The molecule has 61 valence electrons. The van der Waals surface area contributed by atoms with Crippen LogP contribution >= 0.6 is 11.3 Å². The molecule has 1 aromatic heterocycles. The summed E-state index contributed by atoms with van der Waals surface area (Å²) in [6, 6.07) is 0. The summed E-state index contributed by atoms with van der Waals surface area (Å²) in [6.07, 6.45) is 3.24. The van der Waals surface area contributed by atoms with Crippen LogP contribution in [0.1, 0.15) is 12.1 Å². The zero-order chi connectivity index (χ0) is 8.10. The van der Waals surface area contributed by atoms with E-state index in [2.05, 4.69) is 35.8 Å². The van der Waals surface area contributed by atoms with Gasteiger partial charge in [0.2, 0.25) is 0 Å². The number of aromatic nitrogens is 1. The fourth-order valence-electron chi connectivity index (χ4n) is 0.793. The lowest BCUT2D eigenvalue weighted by atomic mass is 10.2. The molecular weight excluding hydrogens is 156 g/mol. The third-order valence-corrected chi connectivity index (χ3v) is 1.99. The van der Waals surface area contributed by atoms with Crippen LogP contribution in [0.2, 0.25) is 0 Å². The van der Waals surface area contributed by atoms with Gasteiger partial charge in [0.05, 0.1) is 11.2 Å². The van der Waals surface area contributed by atoms with Gasteiger partial charge >= 0.3 is 0 Å². The van der Waals surface area contributed by atoms with Crippen molar-refractivity contribution in [1.29, 1.82) is 0 Å². The van der Waals surface area contributed by atoms with Gasteiger partial charge in [-0.1, -0.05) is 0 Å². The summed E-state index contributed by atoms with van der Waals surface area (Å²) in [7, 11) is 4.16. The zero-order valence-corrected chi connectivity index (χ0v) is 7.77. The number of rotatable bonds is 4. The summed E-state index contributed by atoms with van der Waals surface area (Å²) in [5, 5.41) is 2.07. The molecule has 0 spiro atoms. The summed E-state index contributed by atoms with van der Waals surface area (Å²) in [5.41, 5.74) is 2.97. The molecule has 0 bridgehead atoms. The highest BCUT2D eigenvalue weighted by Crippen LogP contribution is 2.05. The van der Waals surface area contributed by atoms with Crippen LogP contribution in [0, 0.1) is 6.42 Å². The summed E-state index contributed by atoms with van der Waals surface area (Å²) in [6.45, 7) is 1.09. The first-order valence-corrected chi connectivity index (χ1v) is 4.59. The Morgan fingerprint density at radius 1 is 1.64 bits per heavy atom. The smallest absolute Gasteiger partial charge is 0.0794 e. The van der Waals surface area contributed by atoms with Crippen LogP contribution in [-0.4, -0.2) is 30.5 Å². The monoisotopic (exact) mass is 169 g/mol. The Hall–Kier alpha value is -0.410. The zero-order valence-electron chi connectivity index (χ0n) is 6.95. The van der Waals surface area contributed by atoms with E-state index in [0.717, 1.165) is 18.7 Å². The molecule has 0 aliphatic heterocycles. The van der Waals surface area contributed by atoms with Gasteiger partial charge in [0.15, 0.2) is 0 Å². The van der Waals surface area contributed by atoms with E-state index in [0.29, 0.717) is 0 Å². The first kappa shape index (κ1) is 8.68. The van der Waals surface area contributed by atoms with Gasteiger partial charge in [0, 0.05) is 11.8 Å². The SMILES string of the molecule is CN(C)CC[CH]c1cscn1. The van der Waals surface area contributed by atoms with E-state index in [9.17, 15) is 0 Å². The molecule has 0 saturated carbocycles. The molecule has 11 heavy (non-hydrogen) atoms. The normalized spacial score (nSPS) is 10.8. The van der Waals surface area contributed by atoms with Crippen LogP contribution in [0.25, 0.3) is 0 Å². The van der Waals surface area contributed by atoms with Gasteiger partial charge in [-0.3, -0.25) is 0 Å². The highest BCUT2D eigenvalue weighted by Gasteiger charge is 1.95. The first-order valence-electron chi connectivity index (χ1n) is 3.65.